The zero-order chi connectivity index (χ0) is 19.8. The van der Waals surface area contributed by atoms with E-state index < -0.39 is 29.9 Å². The van der Waals surface area contributed by atoms with E-state index in [0.29, 0.717) is 11.3 Å². The molecule has 0 heterocycles. The van der Waals surface area contributed by atoms with Crippen molar-refractivity contribution < 1.29 is 28.7 Å². The van der Waals surface area contributed by atoms with Crippen LogP contribution in [0.5, 0.6) is 5.75 Å². The summed E-state index contributed by atoms with van der Waals surface area (Å²) < 4.78 is 9.91. The molecule has 1 amide bonds. The van der Waals surface area contributed by atoms with Crippen molar-refractivity contribution in [3.05, 3.63) is 59.7 Å². The van der Waals surface area contributed by atoms with Gasteiger partial charge in [0.25, 0.3) is 5.91 Å². The Morgan fingerprint density at radius 1 is 0.963 bits per heavy atom. The monoisotopic (exact) mass is 369 g/mol. The highest BCUT2D eigenvalue weighted by atomic mass is 16.5. The molecule has 2 aromatic rings. The van der Waals surface area contributed by atoms with Gasteiger partial charge < -0.3 is 14.8 Å². The number of carbonyl (C=O) groups excluding carboxylic acids is 4. The minimum absolute atomic E-state index is 0.127. The van der Waals surface area contributed by atoms with Crippen LogP contribution in [0.15, 0.2) is 48.5 Å². The number of benzene rings is 2. The molecule has 0 saturated heterocycles. The fourth-order valence-electron chi connectivity index (χ4n) is 2.28. The highest BCUT2D eigenvalue weighted by Gasteiger charge is 2.21. The van der Waals surface area contributed by atoms with E-state index in [1.165, 1.54) is 31.4 Å². The van der Waals surface area contributed by atoms with Crippen LogP contribution in [0.4, 0.5) is 5.69 Å². The summed E-state index contributed by atoms with van der Waals surface area (Å²) in [5.74, 6) is -2.42. The summed E-state index contributed by atoms with van der Waals surface area (Å²) >= 11 is 0. The first-order valence-corrected chi connectivity index (χ1v) is 8.23. The van der Waals surface area contributed by atoms with Gasteiger partial charge in [0.1, 0.15) is 5.75 Å². The average molecular weight is 369 g/mol. The second kappa shape index (κ2) is 9.28. The maximum absolute atomic E-state index is 12.2. The van der Waals surface area contributed by atoms with Crippen molar-refractivity contribution in [1.29, 1.82) is 0 Å². The van der Waals surface area contributed by atoms with E-state index in [2.05, 4.69) is 5.32 Å². The van der Waals surface area contributed by atoms with Gasteiger partial charge in [0.2, 0.25) is 5.78 Å². The molecule has 0 fully saturated rings. The van der Waals surface area contributed by atoms with E-state index in [4.69, 9.17) is 9.47 Å². The number of amides is 1. The summed E-state index contributed by atoms with van der Waals surface area (Å²) in [6.07, 6.45) is -0.584. The van der Waals surface area contributed by atoms with Gasteiger partial charge in [0, 0.05) is 5.56 Å². The molecular formula is C20H19NO6. The second-order valence-electron chi connectivity index (χ2n) is 5.47. The van der Waals surface area contributed by atoms with Gasteiger partial charge in [-0.15, -0.1) is 0 Å². The van der Waals surface area contributed by atoms with Gasteiger partial charge in [-0.2, -0.15) is 0 Å². The van der Waals surface area contributed by atoms with E-state index in [1.807, 2.05) is 0 Å². The first-order valence-electron chi connectivity index (χ1n) is 8.23. The van der Waals surface area contributed by atoms with E-state index in [9.17, 15) is 19.2 Å². The summed E-state index contributed by atoms with van der Waals surface area (Å²) in [6, 6.07) is 12.4. The lowest BCUT2D eigenvalue weighted by atomic mass is 10.1. The number of para-hydroxylation sites is 1. The van der Waals surface area contributed by atoms with Gasteiger partial charge in [-0.05, 0) is 43.3 Å². The molecule has 0 aromatic heterocycles. The summed E-state index contributed by atoms with van der Waals surface area (Å²) in [4.78, 5) is 48.3. The molecule has 2 rings (SSSR count). The van der Waals surface area contributed by atoms with Crippen LogP contribution in [0, 0.1) is 0 Å². The summed E-state index contributed by atoms with van der Waals surface area (Å²) in [5.41, 5.74) is 0.567. The van der Waals surface area contributed by atoms with Gasteiger partial charge in [0.05, 0.1) is 31.4 Å². The minimum Gasteiger partial charge on any atom is -0.497 e. The largest absolute Gasteiger partial charge is 0.497 e. The minimum atomic E-state index is -0.978. The molecule has 0 atom stereocenters. The molecule has 0 saturated carbocycles. The summed E-state index contributed by atoms with van der Waals surface area (Å²) in [5, 5.41) is 2.36. The van der Waals surface area contributed by atoms with Gasteiger partial charge in [-0.1, -0.05) is 12.1 Å². The molecule has 0 aliphatic carbocycles. The zero-order valence-electron chi connectivity index (χ0n) is 15.0. The van der Waals surface area contributed by atoms with Crippen LogP contribution in [-0.2, 0) is 14.3 Å². The van der Waals surface area contributed by atoms with Crippen molar-refractivity contribution in [3.8, 4) is 5.75 Å². The number of hydrogen-bond donors (Lipinski definition) is 1. The third-order valence-electron chi connectivity index (χ3n) is 3.66. The maximum atomic E-state index is 12.2. The number of ether oxygens (including phenoxy) is 2. The van der Waals surface area contributed by atoms with Crippen molar-refractivity contribution in [2.24, 2.45) is 0 Å². The van der Waals surface area contributed by atoms with Gasteiger partial charge >= 0.3 is 5.97 Å². The Balaban J connectivity index is 2.04. The van der Waals surface area contributed by atoms with E-state index >= 15 is 0 Å². The Bertz CT molecular complexity index is 857. The lowest BCUT2D eigenvalue weighted by molar-refractivity contribution is -0.134. The molecule has 7 nitrogen and oxygen atoms in total. The molecule has 2 aromatic carbocycles. The van der Waals surface area contributed by atoms with Crippen molar-refractivity contribution in [2.75, 3.05) is 19.0 Å². The van der Waals surface area contributed by atoms with Crippen molar-refractivity contribution in [2.45, 2.75) is 13.3 Å². The zero-order valence-corrected chi connectivity index (χ0v) is 15.0. The smallest absolute Gasteiger partial charge is 0.340 e. The fraction of sp³-hybridized carbons (Fsp3) is 0.200. The second-order valence-corrected chi connectivity index (χ2v) is 5.47. The van der Waals surface area contributed by atoms with E-state index in [1.54, 1.807) is 31.2 Å². The number of methoxy groups -OCH3 is 1. The predicted octanol–water partition coefficient (Wildman–Crippen LogP) is 2.65. The number of Topliss-reactive ketones (excluding diaryl/α,β-unsaturated/α-hetero) is 2. The number of carbonyl (C=O) groups is 4. The van der Waals surface area contributed by atoms with Crippen molar-refractivity contribution in [3.63, 3.8) is 0 Å². The van der Waals surface area contributed by atoms with Gasteiger partial charge in [0.15, 0.2) is 5.78 Å². The van der Waals surface area contributed by atoms with Crippen molar-refractivity contribution >= 4 is 29.1 Å². The highest BCUT2D eigenvalue weighted by Crippen LogP contribution is 2.17. The third-order valence-corrected chi connectivity index (χ3v) is 3.66. The Kier molecular flexibility index (Phi) is 6.82. The molecule has 0 aliphatic heterocycles. The highest BCUT2D eigenvalue weighted by molar-refractivity contribution is 6.44. The molecule has 7 heteroatoms. The fourth-order valence-corrected chi connectivity index (χ4v) is 2.28. The molecule has 0 aliphatic rings. The van der Waals surface area contributed by atoms with E-state index in [0.717, 1.165) is 0 Å². The number of hydrogen-bond acceptors (Lipinski definition) is 6. The lowest BCUT2D eigenvalue weighted by Gasteiger charge is -2.09. The molecule has 27 heavy (non-hydrogen) atoms. The normalized spacial score (nSPS) is 10.0. The van der Waals surface area contributed by atoms with Gasteiger partial charge in [-0.3, -0.25) is 14.4 Å². The summed E-state index contributed by atoms with van der Waals surface area (Å²) in [6.45, 7) is 1.84. The molecule has 0 radical (unpaired) electrons. The molecule has 0 spiro atoms. The maximum Gasteiger partial charge on any atom is 0.340 e. The number of anilines is 1. The molecule has 1 N–H and O–H groups in total. The van der Waals surface area contributed by atoms with Crippen LogP contribution in [0.1, 0.15) is 34.1 Å². The third kappa shape index (κ3) is 5.24. The van der Waals surface area contributed by atoms with E-state index in [-0.39, 0.29) is 17.9 Å². The molecule has 0 unspecified atom stereocenters. The summed E-state index contributed by atoms with van der Waals surface area (Å²) in [7, 11) is 1.50. The number of rotatable bonds is 8. The molecule has 0 bridgehead atoms. The van der Waals surface area contributed by atoms with Crippen LogP contribution in [0.25, 0.3) is 0 Å². The lowest BCUT2D eigenvalue weighted by Crippen LogP contribution is -2.26. The number of esters is 1. The Morgan fingerprint density at radius 3 is 2.26 bits per heavy atom. The van der Waals surface area contributed by atoms with Crippen LogP contribution in [0.2, 0.25) is 0 Å². The van der Waals surface area contributed by atoms with Crippen LogP contribution < -0.4 is 10.1 Å². The van der Waals surface area contributed by atoms with Crippen LogP contribution in [0.3, 0.4) is 0 Å². The first kappa shape index (κ1) is 19.8. The number of ketones is 2. The number of nitrogens with one attached hydrogen (secondary N) is 1. The average Bonchev–Trinajstić information content (AvgIpc) is 2.68. The van der Waals surface area contributed by atoms with Crippen LogP contribution in [-0.4, -0.2) is 37.2 Å². The Hall–Kier alpha value is -3.48. The standard InChI is InChI=1S/C20H19NO6/c1-3-27-20(25)15-6-4-5-7-16(15)21-19(24)18(23)12-17(22)13-8-10-14(26-2)11-9-13/h4-11H,3,12H2,1-2H3,(H,21,24). The van der Waals surface area contributed by atoms with Gasteiger partial charge in [-0.25, -0.2) is 4.79 Å². The predicted molar refractivity (Wildman–Crippen MR) is 98.0 cm³/mol. The van der Waals surface area contributed by atoms with Crippen LogP contribution >= 0.6 is 0 Å². The molecular weight excluding hydrogens is 350 g/mol. The Labute approximate surface area is 156 Å². The topological polar surface area (TPSA) is 98.8 Å². The SMILES string of the molecule is CCOC(=O)c1ccccc1NC(=O)C(=O)CC(=O)c1ccc(OC)cc1. The molecule has 140 valence electrons. The Morgan fingerprint density at radius 2 is 1.63 bits per heavy atom. The first-order chi connectivity index (χ1) is 13.0. The van der Waals surface area contributed by atoms with Crippen molar-refractivity contribution in [1.82, 2.24) is 0 Å². The quantitative estimate of drug-likeness (QED) is 0.332.